The van der Waals surface area contributed by atoms with E-state index in [1.54, 1.807) is 10.9 Å². The Hall–Kier alpha value is -1.72. The zero-order valence-electron chi connectivity index (χ0n) is 12.5. The largest absolute Gasteiger partial charge is 0.390 e. The summed E-state index contributed by atoms with van der Waals surface area (Å²) in [5, 5.41) is 17.7. The van der Waals surface area contributed by atoms with Crippen LogP contribution in [0.1, 0.15) is 30.9 Å². The molecule has 22 heavy (non-hydrogen) atoms. The quantitative estimate of drug-likeness (QED) is 0.826. The Kier molecular flexibility index (Phi) is 4.85. The van der Waals surface area contributed by atoms with Crippen LogP contribution in [-0.4, -0.2) is 27.5 Å². The molecule has 0 aliphatic heterocycles. The molecule has 1 aliphatic carbocycles. The number of rotatable bonds is 7. The van der Waals surface area contributed by atoms with E-state index >= 15 is 0 Å². The first-order valence-corrected chi connectivity index (χ1v) is 7.87. The van der Waals surface area contributed by atoms with E-state index in [0.717, 1.165) is 5.56 Å². The molecule has 0 amide bonds. The maximum absolute atomic E-state index is 13.1. The molecule has 0 saturated heterocycles. The maximum atomic E-state index is 13.1. The number of hydrogen-bond acceptors (Lipinski definition) is 3. The molecule has 2 N–H and O–H groups in total. The fraction of sp³-hybridized carbons (Fsp3) is 0.471. The summed E-state index contributed by atoms with van der Waals surface area (Å²) in [4.78, 5) is 0. The third-order valence-corrected chi connectivity index (χ3v) is 4.38. The van der Waals surface area contributed by atoms with E-state index < -0.39 is 6.10 Å². The van der Waals surface area contributed by atoms with Crippen molar-refractivity contribution in [2.24, 2.45) is 5.92 Å². The molecule has 1 aromatic heterocycles. The van der Waals surface area contributed by atoms with E-state index in [1.807, 2.05) is 24.4 Å². The molecule has 5 heteroatoms. The van der Waals surface area contributed by atoms with Crippen LogP contribution < -0.4 is 5.32 Å². The predicted octanol–water partition coefficient (Wildman–Crippen LogP) is 2.51. The van der Waals surface area contributed by atoms with Crippen molar-refractivity contribution in [2.75, 3.05) is 6.54 Å². The SMILES string of the molecule is O[C@@H](CN[C@H](c1ccc(F)cc1)C1CCC1)Cn1cccn1. The first-order valence-electron chi connectivity index (χ1n) is 7.87. The monoisotopic (exact) mass is 303 g/mol. The molecule has 0 radical (unpaired) electrons. The zero-order chi connectivity index (χ0) is 15.4. The molecule has 0 unspecified atom stereocenters. The van der Waals surface area contributed by atoms with E-state index in [4.69, 9.17) is 0 Å². The second-order valence-electron chi connectivity index (χ2n) is 6.01. The molecule has 2 atom stereocenters. The van der Waals surface area contributed by atoms with Crippen LogP contribution in [0.5, 0.6) is 0 Å². The number of nitrogens with one attached hydrogen (secondary N) is 1. The fourth-order valence-electron chi connectivity index (χ4n) is 2.95. The lowest BCUT2D eigenvalue weighted by atomic mass is 9.77. The second-order valence-corrected chi connectivity index (χ2v) is 6.01. The number of nitrogens with zero attached hydrogens (tertiary/aromatic N) is 2. The highest BCUT2D eigenvalue weighted by Crippen LogP contribution is 2.37. The molecule has 1 heterocycles. The Labute approximate surface area is 130 Å². The topological polar surface area (TPSA) is 50.1 Å². The van der Waals surface area contributed by atoms with Crippen molar-refractivity contribution >= 4 is 0 Å². The Balaban J connectivity index is 1.59. The van der Waals surface area contributed by atoms with E-state index in [-0.39, 0.29) is 11.9 Å². The first kappa shape index (κ1) is 15.2. The van der Waals surface area contributed by atoms with Gasteiger partial charge in [-0.1, -0.05) is 18.6 Å². The van der Waals surface area contributed by atoms with Crippen LogP contribution in [0.15, 0.2) is 42.7 Å². The Morgan fingerprint density at radius 2 is 2.09 bits per heavy atom. The Bertz CT molecular complexity index is 566. The van der Waals surface area contributed by atoms with Crippen LogP contribution >= 0.6 is 0 Å². The van der Waals surface area contributed by atoms with Crippen molar-refractivity contribution in [1.82, 2.24) is 15.1 Å². The number of benzene rings is 1. The third kappa shape index (κ3) is 3.72. The van der Waals surface area contributed by atoms with Gasteiger partial charge in [0.15, 0.2) is 0 Å². The summed E-state index contributed by atoms with van der Waals surface area (Å²) in [5.41, 5.74) is 1.09. The highest BCUT2D eigenvalue weighted by atomic mass is 19.1. The van der Waals surface area contributed by atoms with Gasteiger partial charge in [0.25, 0.3) is 0 Å². The Morgan fingerprint density at radius 1 is 1.32 bits per heavy atom. The van der Waals surface area contributed by atoms with Gasteiger partial charge in [0.2, 0.25) is 0 Å². The number of aliphatic hydroxyl groups excluding tert-OH is 1. The van der Waals surface area contributed by atoms with Gasteiger partial charge in [-0.05, 0) is 42.5 Å². The van der Waals surface area contributed by atoms with Gasteiger partial charge in [0, 0.05) is 25.0 Å². The van der Waals surface area contributed by atoms with Gasteiger partial charge in [-0.3, -0.25) is 4.68 Å². The van der Waals surface area contributed by atoms with Crippen molar-refractivity contribution in [1.29, 1.82) is 0 Å². The van der Waals surface area contributed by atoms with Gasteiger partial charge in [-0.2, -0.15) is 5.10 Å². The number of aliphatic hydroxyl groups is 1. The van der Waals surface area contributed by atoms with Crippen molar-refractivity contribution < 1.29 is 9.50 Å². The average molecular weight is 303 g/mol. The van der Waals surface area contributed by atoms with E-state index in [2.05, 4.69) is 10.4 Å². The smallest absolute Gasteiger partial charge is 0.123 e. The highest BCUT2D eigenvalue weighted by Gasteiger charge is 2.28. The number of halogens is 1. The van der Waals surface area contributed by atoms with Crippen LogP contribution in [0.2, 0.25) is 0 Å². The second kappa shape index (κ2) is 7.03. The molecular weight excluding hydrogens is 281 g/mol. The molecule has 3 rings (SSSR count). The van der Waals surface area contributed by atoms with Crippen molar-refractivity contribution in [2.45, 2.75) is 38.0 Å². The average Bonchev–Trinajstić information content (AvgIpc) is 2.95. The molecule has 1 aromatic carbocycles. The third-order valence-electron chi connectivity index (χ3n) is 4.38. The lowest BCUT2D eigenvalue weighted by molar-refractivity contribution is 0.130. The lowest BCUT2D eigenvalue weighted by Gasteiger charge is -2.35. The predicted molar refractivity (Wildman–Crippen MR) is 82.7 cm³/mol. The summed E-state index contributed by atoms with van der Waals surface area (Å²) in [5.74, 6) is 0.359. The van der Waals surface area contributed by atoms with Crippen LogP contribution in [0.3, 0.4) is 0 Å². The van der Waals surface area contributed by atoms with Crippen LogP contribution in [0.25, 0.3) is 0 Å². The normalized spacial score (nSPS) is 17.9. The summed E-state index contributed by atoms with van der Waals surface area (Å²) in [6, 6.07) is 8.71. The zero-order valence-corrected chi connectivity index (χ0v) is 12.5. The van der Waals surface area contributed by atoms with Gasteiger partial charge in [0.1, 0.15) is 5.82 Å². The van der Waals surface area contributed by atoms with Gasteiger partial charge in [-0.25, -0.2) is 4.39 Å². The molecule has 118 valence electrons. The van der Waals surface area contributed by atoms with E-state index in [9.17, 15) is 9.50 Å². The molecule has 2 aromatic rings. The molecule has 1 fully saturated rings. The van der Waals surface area contributed by atoms with Crippen molar-refractivity contribution in [3.63, 3.8) is 0 Å². The summed E-state index contributed by atoms with van der Waals surface area (Å²) < 4.78 is 14.8. The summed E-state index contributed by atoms with van der Waals surface area (Å²) >= 11 is 0. The first-order chi connectivity index (χ1) is 10.7. The lowest BCUT2D eigenvalue weighted by Crippen LogP contribution is -2.38. The van der Waals surface area contributed by atoms with Crippen LogP contribution in [0.4, 0.5) is 4.39 Å². The van der Waals surface area contributed by atoms with Gasteiger partial charge < -0.3 is 10.4 Å². The molecule has 0 bridgehead atoms. The van der Waals surface area contributed by atoms with Crippen LogP contribution in [0, 0.1) is 11.7 Å². The summed E-state index contributed by atoms with van der Waals surface area (Å²) in [6.07, 6.45) is 6.67. The molecule has 4 nitrogen and oxygen atoms in total. The number of hydrogen-bond donors (Lipinski definition) is 2. The Morgan fingerprint density at radius 3 is 2.68 bits per heavy atom. The van der Waals surface area contributed by atoms with Crippen molar-refractivity contribution in [3.8, 4) is 0 Å². The minimum Gasteiger partial charge on any atom is -0.390 e. The molecular formula is C17H22FN3O. The summed E-state index contributed by atoms with van der Waals surface area (Å²) in [7, 11) is 0. The fourth-order valence-corrected chi connectivity index (χ4v) is 2.95. The highest BCUT2D eigenvalue weighted by molar-refractivity contribution is 5.21. The standard InChI is InChI=1S/C17H22FN3O/c18-15-7-5-14(6-8-15)17(13-3-1-4-13)19-11-16(22)12-21-10-2-9-20-21/h2,5-10,13,16-17,19,22H,1,3-4,11-12H2/t16-,17-/m0/s1. The van der Waals surface area contributed by atoms with Crippen molar-refractivity contribution in [3.05, 3.63) is 54.1 Å². The molecule has 1 saturated carbocycles. The molecule has 0 spiro atoms. The minimum absolute atomic E-state index is 0.182. The minimum atomic E-state index is -0.497. The van der Waals surface area contributed by atoms with Gasteiger partial charge in [0.05, 0.1) is 12.6 Å². The number of aromatic nitrogens is 2. The van der Waals surface area contributed by atoms with Crippen LogP contribution in [-0.2, 0) is 6.54 Å². The maximum Gasteiger partial charge on any atom is 0.123 e. The van der Waals surface area contributed by atoms with Gasteiger partial charge in [-0.15, -0.1) is 0 Å². The molecule has 1 aliphatic rings. The van der Waals surface area contributed by atoms with E-state index in [0.29, 0.717) is 19.0 Å². The van der Waals surface area contributed by atoms with E-state index in [1.165, 1.54) is 31.4 Å². The summed E-state index contributed by atoms with van der Waals surface area (Å²) in [6.45, 7) is 0.971. The van der Waals surface area contributed by atoms with Gasteiger partial charge >= 0.3 is 0 Å².